The van der Waals surface area contributed by atoms with Crippen molar-refractivity contribution in [3.05, 3.63) is 58.1 Å². The highest BCUT2D eigenvalue weighted by molar-refractivity contribution is 6.03. The van der Waals surface area contributed by atoms with Crippen molar-refractivity contribution in [1.82, 2.24) is 15.0 Å². The van der Waals surface area contributed by atoms with E-state index in [1.807, 2.05) is 0 Å². The van der Waals surface area contributed by atoms with E-state index >= 15 is 0 Å². The van der Waals surface area contributed by atoms with E-state index in [2.05, 4.69) is 15.0 Å². The Bertz CT molecular complexity index is 1230. The van der Waals surface area contributed by atoms with Crippen molar-refractivity contribution >= 4 is 33.6 Å². The summed E-state index contributed by atoms with van der Waals surface area (Å²) in [4.78, 5) is 33.3. The first kappa shape index (κ1) is 14.9. The van der Waals surface area contributed by atoms with Gasteiger partial charge in [0, 0.05) is 10.9 Å². The Morgan fingerprint density at radius 3 is 2.68 bits per heavy atom. The summed E-state index contributed by atoms with van der Waals surface area (Å²) in [6.45, 7) is 0. The van der Waals surface area contributed by atoms with Gasteiger partial charge >= 0.3 is 5.97 Å². The summed E-state index contributed by atoms with van der Waals surface area (Å²) in [5.41, 5.74) is 7.46. The van der Waals surface area contributed by atoms with Gasteiger partial charge in [-0.15, -0.1) is 0 Å². The van der Waals surface area contributed by atoms with E-state index in [4.69, 9.17) is 10.8 Å². The number of aromatic amines is 2. The molecule has 0 aliphatic heterocycles. The fourth-order valence-electron chi connectivity index (χ4n) is 2.76. The molecule has 4 aromatic rings. The van der Waals surface area contributed by atoms with Crippen molar-refractivity contribution < 1.29 is 14.3 Å². The standard InChI is InChI=1S/C17H11FN4O3/c18-8-2-4-11-12(6-8)22-16(23)15(21-11)14-13(19)9-5-7(17(24)25)1-3-10(9)20-14/h1-6,20H,19H2,(H,22,23)(H,24,25). The average molecular weight is 338 g/mol. The lowest BCUT2D eigenvalue weighted by Crippen LogP contribution is -2.12. The Morgan fingerprint density at radius 2 is 1.92 bits per heavy atom. The number of nitrogens with two attached hydrogens (primary N) is 1. The number of benzene rings is 2. The highest BCUT2D eigenvalue weighted by Gasteiger charge is 2.17. The van der Waals surface area contributed by atoms with Gasteiger partial charge in [0.15, 0.2) is 5.69 Å². The normalized spacial score (nSPS) is 11.2. The van der Waals surface area contributed by atoms with Crippen LogP contribution < -0.4 is 11.3 Å². The summed E-state index contributed by atoms with van der Waals surface area (Å²) in [6.07, 6.45) is 0. The van der Waals surface area contributed by atoms with Crippen LogP contribution >= 0.6 is 0 Å². The summed E-state index contributed by atoms with van der Waals surface area (Å²) in [5.74, 6) is -1.56. The van der Waals surface area contributed by atoms with E-state index < -0.39 is 17.3 Å². The van der Waals surface area contributed by atoms with Gasteiger partial charge in [-0.2, -0.15) is 0 Å². The Labute approximate surface area is 138 Å². The van der Waals surface area contributed by atoms with Crippen molar-refractivity contribution in [2.24, 2.45) is 0 Å². The number of hydrogen-bond donors (Lipinski definition) is 4. The number of anilines is 1. The van der Waals surface area contributed by atoms with Gasteiger partial charge in [-0.25, -0.2) is 14.2 Å². The molecule has 0 saturated carbocycles. The minimum atomic E-state index is -1.08. The summed E-state index contributed by atoms with van der Waals surface area (Å²) in [7, 11) is 0. The molecule has 0 unspecified atom stereocenters. The lowest BCUT2D eigenvalue weighted by atomic mass is 10.1. The molecule has 0 radical (unpaired) electrons. The van der Waals surface area contributed by atoms with E-state index in [0.29, 0.717) is 16.4 Å². The van der Waals surface area contributed by atoms with Gasteiger partial charge < -0.3 is 20.8 Å². The summed E-state index contributed by atoms with van der Waals surface area (Å²) < 4.78 is 13.3. The molecule has 7 nitrogen and oxygen atoms in total. The van der Waals surface area contributed by atoms with Crippen LogP contribution in [0.25, 0.3) is 33.3 Å². The summed E-state index contributed by atoms with van der Waals surface area (Å²) >= 11 is 0. The van der Waals surface area contributed by atoms with Crippen LogP contribution in [0.4, 0.5) is 10.1 Å². The van der Waals surface area contributed by atoms with Crippen LogP contribution in [0.2, 0.25) is 0 Å². The number of H-pyrrole nitrogens is 2. The van der Waals surface area contributed by atoms with Crippen LogP contribution in [0.3, 0.4) is 0 Å². The third-order valence-corrected chi connectivity index (χ3v) is 3.98. The second-order valence-electron chi connectivity index (χ2n) is 5.56. The lowest BCUT2D eigenvalue weighted by Gasteiger charge is -2.02. The number of nitrogens with zero attached hydrogens (tertiary/aromatic N) is 1. The fourth-order valence-corrected chi connectivity index (χ4v) is 2.76. The molecule has 0 atom stereocenters. The number of halogens is 1. The SMILES string of the molecule is Nc1c(-c2nc3ccc(F)cc3[nH]c2=O)[nH]c2ccc(C(=O)O)cc12. The number of carboxylic acids is 1. The van der Waals surface area contributed by atoms with Crippen LogP contribution in [0.1, 0.15) is 10.4 Å². The Morgan fingerprint density at radius 1 is 1.12 bits per heavy atom. The maximum atomic E-state index is 13.3. The number of carboxylic acid groups (broad SMARTS) is 1. The highest BCUT2D eigenvalue weighted by atomic mass is 19.1. The summed E-state index contributed by atoms with van der Waals surface area (Å²) in [5, 5.41) is 9.58. The van der Waals surface area contributed by atoms with Crippen molar-refractivity contribution in [1.29, 1.82) is 0 Å². The second kappa shape index (κ2) is 5.17. The zero-order valence-electron chi connectivity index (χ0n) is 12.6. The number of carbonyl (C=O) groups is 1. The van der Waals surface area contributed by atoms with Gasteiger partial charge in [-0.3, -0.25) is 4.79 Å². The van der Waals surface area contributed by atoms with E-state index in [0.717, 1.165) is 0 Å². The third-order valence-electron chi connectivity index (χ3n) is 3.98. The maximum absolute atomic E-state index is 13.3. The predicted octanol–water partition coefficient (Wildman–Crippen LogP) is 2.49. The van der Waals surface area contributed by atoms with Crippen LogP contribution in [0, 0.1) is 5.82 Å². The Balaban J connectivity index is 1.98. The molecule has 0 amide bonds. The number of nitrogens with one attached hydrogen (secondary N) is 2. The average Bonchev–Trinajstić information content (AvgIpc) is 2.90. The molecule has 0 saturated heterocycles. The molecule has 2 aromatic heterocycles. The number of fused-ring (bicyclic) bond motifs is 2. The molecule has 0 aliphatic rings. The van der Waals surface area contributed by atoms with E-state index in [1.165, 1.54) is 30.3 Å². The molecule has 4 rings (SSSR count). The quantitative estimate of drug-likeness (QED) is 0.447. The Hall–Kier alpha value is -3.68. The van der Waals surface area contributed by atoms with E-state index in [-0.39, 0.29) is 28.2 Å². The number of aromatic carboxylic acids is 1. The number of rotatable bonds is 2. The predicted molar refractivity (Wildman–Crippen MR) is 91.0 cm³/mol. The molecule has 8 heteroatoms. The zero-order chi connectivity index (χ0) is 17.7. The molecule has 2 heterocycles. The monoisotopic (exact) mass is 338 g/mol. The fraction of sp³-hybridized carbons (Fsp3) is 0. The summed E-state index contributed by atoms with van der Waals surface area (Å²) in [6, 6.07) is 8.31. The lowest BCUT2D eigenvalue weighted by molar-refractivity contribution is 0.0697. The number of aromatic nitrogens is 3. The van der Waals surface area contributed by atoms with Gasteiger partial charge in [0.1, 0.15) is 5.82 Å². The smallest absolute Gasteiger partial charge is 0.335 e. The van der Waals surface area contributed by atoms with E-state index in [1.54, 1.807) is 6.07 Å². The van der Waals surface area contributed by atoms with Gasteiger partial charge in [-0.1, -0.05) is 0 Å². The van der Waals surface area contributed by atoms with Crippen molar-refractivity contribution in [3.63, 3.8) is 0 Å². The van der Waals surface area contributed by atoms with Crippen molar-refractivity contribution in [2.45, 2.75) is 0 Å². The van der Waals surface area contributed by atoms with E-state index in [9.17, 15) is 14.0 Å². The molecule has 5 N–H and O–H groups in total. The number of hydrogen-bond acceptors (Lipinski definition) is 4. The van der Waals surface area contributed by atoms with Crippen LogP contribution in [0.15, 0.2) is 41.2 Å². The molecule has 124 valence electrons. The van der Waals surface area contributed by atoms with Crippen molar-refractivity contribution in [2.75, 3.05) is 5.73 Å². The zero-order valence-corrected chi connectivity index (χ0v) is 12.6. The molecule has 0 aliphatic carbocycles. The molecule has 0 fully saturated rings. The highest BCUT2D eigenvalue weighted by Crippen LogP contribution is 2.31. The van der Waals surface area contributed by atoms with Gasteiger partial charge in [0.05, 0.1) is 28.0 Å². The molecule has 2 aromatic carbocycles. The first-order valence-electron chi connectivity index (χ1n) is 7.28. The van der Waals surface area contributed by atoms with Gasteiger partial charge in [-0.05, 0) is 36.4 Å². The second-order valence-corrected chi connectivity index (χ2v) is 5.56. The Kier molecular flexibility index (Phi) is 3.08. The first-order valence-corrected chi connectivity index (χ1v) is 7.28. The molecular formula is C17H11FN4O3. The third kappa shape index (κ3) is 2.31. The van der Waals surface area contributed by atoms with Crippen LogP contribution in [-0.2, 0) is 0 Å². The topological polar surface area (TPSA) is 125 Å². The minimum absolute atomic E-state index is 0.0460. The molecule has 25 heavy (non-hydrogen) atoms. The van der Waals surface area contributed by atoms with Crippen molar-refractivity contribution in [3.8, 4) is 11.4 Å². The first-order chi connectivity index (χ1) is 11.9. The molecular weight excluding hydrogens is 327 g/mol. The largest absolute Gasteiger partial charge is 0.478 e. The number of nitrogen functional groups attached to an aromatic ring is 1. The molecule has 0 bridgehead atoms. The molecule has 0 spiro atoms. The minimum Gasteiger partial charge on any atom is -0.478 e. The van der Waals surface area contributed by atoms with Gasteiger partial charge in [0.2, 0.25) is 0 Å². The maximum Gasteiger partial charge on any atom is 0.335 e. The van der Waals surface area contributed by atoms with Crippen LogP contribution in [-0.4, -0.2) is 26.0 Å². The van der Waals surface area contributed by atoms with Crippen LogP contribution in [0.5, 0.6) is 0 Å². The van der Waals surface area contributed by atoms with Gasteiger partial charge in [0.25, 0.3) is 5.56 Å².